The summed E-state index contributed by atoms with van der Waals surface area (Å²) in [6.45, 7) is 5.96. The molecule has 1 amide bonds. The van der Waals surface area contributed by atoms with Crippen LogP contribution in [-0.2, 0) is 5.54 Å². The smallest absolute Gasteiger partial charge is 0.279 e. The van der Waals surface area contributed by atoms with Crippen LogP contribution in [0.5, 0.6) is 11.5 Å². The Bertz CT molecular complexity index is 958. The third-order valence-electron chi connectivity index (χ3n) is 3.82. The molecule has 9 heteroatoms. The molecule has 8 nitrogen and oxygen atoms in total. The number of anilines is 1. The Labute approximate surface area is 161 Å². The molecule has 0 radical (unpaired) electrons. The largest absolute Gasteiger partial charge is 0.493 e. The van der Waals surface area contributed by atoms with E-state index in [1.54, 1.807) is 25.1 Å². The fourth-order valence-corrected chi connectivity index (χ4v) is 3.03. The molecule has 1 aromatic carbocycles. The molecule has 0 aliphatic heterocycles. The number of rotatable bonds is 5. The Morgan fingerprint density at radius 1 is 1.19 bits per heavy atom. The summed E-state index contributed by atoms with van der Waals surface area (Å²) < 4.78 is 12.2. The van der Waals surface area contributed by atoms with Crippen LogP contribution in [0.2, 0.25) is 0 Å². The molecule has 0 aliphatic carbocycles. The molecule has 0 saturated heterocycles. The summed E-state index contributed by atoms with van der Waals surface area (Å²) >= 11 is 1.33. The minimum Gasteiger partial charge on any atom is -0.493 e. The lowest BCUT2D eigenvalue weighted by Gasteiger charge is -2.17. The van der Waals surface area contributed by atoms with Gasteiger partial charge < -0.3 is 9.47 Å². The highest BCUT2D eigenvalue weighted by atomic mass is 32.1. The molecule has 142 valence electrons. The molecule has 27 heavy (non-hydrogen) atoms. The van der Waals surface area contributed by atoms with Gasteiger partial charge in [0.2, 0.25) is 0 Å². The fourth-order valence-electron chi connectivity index (χ4n) is 2.32. The van der Waals surface area contributed by atoms with Crippen LogP contribution in [0.4, 0.5) is 5.13 Å². The molecule has 3 aromatic rings. The highest BCUT2D eigenvalue weighted by molar-refractivity contribution is 7.14. The van der Waals surface area contributed by atoms with Gasteiger partial charge in [0.15, 0.2) is 22.3 Å². The number of thiazole rings is 1. The summed E-state index contributed by atoms with van der Waals surface area (Å²) in [6.07, 6.45) is 1.62. The molecular weight excluding hydrogens is 366 g/mol. The molecule has 0 spiro atoms. The van der Waals surface area contributed by atoms with E-state index in [1.165, 1.54) is 11.3 Å². The third-order valence-corrected chi connectivity index (χ3v) is 4.57. The first kappa shape index (κ1) is 18.8. The van der Waals surface area contributed by atoms with Crippen LogP contribution < -0.4 is 14.8 Å². The molecular formula is C18H21N5O3S. The summed E-state index contributed by atoms with van der Waals surface area (Å²) in [7, 11) is 3.17. The van der Waals surface area contributed by atoms with Gasteiger partial charge in [0.1, 0.15) is 0 Å². The van der Waals surface area contributed by atoms with E-state index < -0.39 is 0 Å². The van der Waals surface area contributed by atoms with Gasteiger partial charge in [-0.3, -0.25) is 10.1 Å². The molecule has 0 unspecified atom stereocenters. The maximum absolute atomic E-state index is 12.4. The van der Waals surface area contributed by atoms with Crippen molar-refractivity contribution in [2.24, 2.45) is 0 Å². The maximum atomic E-state index is 12.4. The zero-order valence-corrected chi connectivity index (χ0v) is 16.6. The van der Waals surface area contributed by atoms with E-state index in [0.717, 1.165) is 11.3 Å². The van der Waals surface area contributed by atoms with E-state index in [1.807, 2.05) is 44.4 Å². The van der Waals surface area contributed by atoms with Crippen LogP contribution in [0.1, 0.15) is 31.3 Å². The second kappa shape index (κ2) is 7.36. The molecule has 2 heterocycles. The Hall–Kier alpha value is -2.94. The van der Waals surface area contributed by atoms with E-state index in [2.05, 4.69) is 20.6 Å². The lowest BCUT2D eigenvalue weighted by atomic mass is 10.1. The number of aromatic nitrogens is 4. The molecule has 0 fully saturated rings. The van der Waals surface area contributed by atoms with Gasteiger partial charge in [-0.15, -0.1) is 16.4 Å². The van der Waals surface area contributed by atoms with Gasteiger partial charge in [-0.25, -0.2) is 9.67 Å². The van der Waals surface area contributed by atoms with E-state index in [9.17, 15) is 4.79 Å². The predicted octanol–water partition coefficient (Wildman–Crippen LogP) is 3.43. The Kier molecular flexibility index (Phi) is 5.13. The SMILES string of the molecule is COc1ccc(-c2csc(NC(=O)c3cn(C(C)(C)C)nn3)n2)cc1OC. The Morgan fingerprint density at radius 3 is 2.56 bits per heavy atom. The fraction of sp³-hybridized carbons (Fsp3) is 0.333. The van der Waals surface area contributed by atoms with Crippen molar-refractivity contribution in [1.82, 2.24) is 20.0 Å². The first-order chi connectivity index (χ1) is 12.8. The van der Waals surface area contributed by atoms with Crippen LogP contribution in [-0.4, -0.2) is 40.1 Å². The zero-order valence-electron chi connectivity index (χ0n) is 15.8. The second-order valence-corrected chi connectivity index (χ2v) is 7.64. The van der Waals surface area contributed by atoms with Crippen LogP contribution in [0.25, 0.3) is 11.3 Å². The Balaban J connectivity index is 1.76. The van der Waals surface area contributed by atoms with Crippen molar-refractivity contribution in [3.8, 4) is 22.8 Å². The summed E-state index contributed by atoms with van der Waals surface area (Å²) in [6, 6.07) is 5.54. The van der Waals surface area contributed by atoms with Gasteiger partial charge >= 0.3 is 0 Å². The number of amides is 1. The highest BCUT2D eigenvalue weighted by Gasteiger charge is 2.19. The minimum absolute atomic E-state index is 0.243. The van der Waals surface area contributed by atoms with Crippen LogP contribution in [0.3, 0.4) is 0 Å². The topological polar surface area (TPSA) is 91.2 Å². The quantitative estimate of drug-likeness (QED) is 0.721. The van der Waals surface area contributed by atoms with Crippen molar-refractivity contribution < 1.29 is 14.3 Å². The van der Waals surface area contributed by atoms with Gasteiger partial charge in [-0.05, 0) is 39.0 Å². The van der Waals surface area contributed by atoms with E-state index in [-0.39, 0.29) is 17.1 Å². The number of methoxy groups -OCH3 is 2. The molecule has 0 aliphatic rings. The molecule has 0 saturated carbocycles. The van der Waals surface area contributed by atoms with Crippen molar-refractivity contribution in [2.75, 3.05) is 19.5 Å². The van der Waals surface area contributed by atoms with Gasteiger partial charge in [0.25, 0.3) is 5.91 Å². The summed E-state index contributed by atoms with van der Waals surface area (Å²) in [5, 5.41) is 13.0. The first-order valence-corrected chi connectivity index (χ1v) is 9.12. The number of carbonyl (C=O) groups excluding carboxylic acids is 1. The van der Waals surface area contributed by atoms with E-state index >= 15 is 0 Å². The van der Waals surface area contributed by atoms with E-state index in [0.29, 0.717) is 16.6 Å². The van der Waals surface area contributed by atoms with Crippen LogP contribution >= 0.6 is 11.3 Å². The number of hydrogen-bond donors (Lipinski definition) is 1. The van der Waals surface area contributed by atoms with Crippen molar-refractivity contribution in [3.63, 3.8) is 0 Å². The first-order valence-electron chi connectivity index (χ1n) is 8.24. The summed E-state index contributed by atoms with van der Waals surface area (Å²) in [5.41, 5.74) is 1.60. The van der Waals surface area contributed by atoms with Crippen molar-refractivity contribution in [2.45, 2.75) is 26.3 Å². The zero-order chi connectivity index (χ0) is 19.6. The summed E-state index contributed by atoms with van der Waals surface area (Å²) in [5.74, 6) is 0.915. The van der Waals surface area contributed by atoms with Crippen molar-refractivity contribution in [3.05, 3.63) is 35.5 Å². The molecule has 3 rings (SSSR count). The number of nitrogens with zero attached hydrogens (tertiary/aromatic N) is 4. The second-order valence-electron chi connectivity index (χ2n) is 6.78. The molecule has 0 bridgehead atoms. The maximum Gasteiger partial charge on any atom is 0.279 e. The van der Waals surface area contributed by atoms with Gasteiger partial charge in [0, 0.05) is 10.9 Å². The van der Waals surface area contributed by atoms with E-state index in [4.69, 9.17) is 9.47 Å². The number of carbonyl (C=O) groups is 1. The van der Waals surface area contributed by atoms with Gasteiger partial charge in [-0.2, -0.15) is 0 Å². The normalized spacial score (nSPS) is 11.3. The van der Waals surface area contributed by atoms with Crippen molar-refractivity contribution >= 4 is 22.4 Å². The van der Waals surface area contributed by atoms with Crippen LogP contribution in [0, 0.1) is 0 Å². The number of nitrogens with one attached hydrogen (secondary N) is 1. The minimum atomic E-state index is -0.348. The summed E-state index contributed by atoms with van der Waals surface area (Å²) in [4.78, 5) is 16.9. The van der Waals surface area contributed by atoms with Crippen LogP contribution in [0.15, 0.2) is 29.8 Å². The van der Waals surface area contributed by atoms with Crippen molar-refractivity contribution in [1.29, 1.82) is 0 Å². The lowest BCUT2D eigenvalue weighted by molar-refractivity contribution is 0.102. The third kappa shape index (κ3) is 4.08. The van der Waals surface area contributed by atoms with Gasteiger partial charge in [0.05, 0.1) is 31.6 Å². The number of ether oxygens (including phenoxy) is 2. The molecule has 0 atom stereocenters. The Morgan fingerprint density at radius 2 is 1.93 bits per heavy atom. The lowest BCUT2D eigenvalue weighted by Crippen LogP contribution is -2.22. The number of benzene rings is 1. The number of hydrogen-bond acceptors (Lipinski definition) is 7. The standard InChI is InChI=1S/C18H21N5O3S/c1-18(2,3)23-9-12(21-22-23)16(24)20-17-19-13(10-27-17)11-6-7-14(25-4)15(8-11)26-5/h6-10H,1-5H3,(H,19,20,24). The average Bonchev–Trinajstić information content (AvgIpc) is 3.30. The predicted molar refractivity (Wildman–Crippen MR) is 104 cm³/mol. The van der Waals surface area contributed by atoms with Gasteiger partial charge in [-0.1, -0.05) is 5.21 Å². The highest BCUT2D eigenvalue weighted by Crippen LogP contribution is 2.33. The monoisotopic (exact) mass is 387 g/mol. The molecule has 2 aromatic heterocycles. The molecule has 1 N–H and O–H groups in total. The average molecular weight is 387 g/mol.